The number of carbonyl (C=O) groups excluding carboxylic acids is 2. The third kappa shape index (κ3) is 8.35. The van der Waals surface area contributed by atoms with Crippen LogP contribution in [0.4, 0.5) is 8.78 Å². The maximum atomic E-state index is 12.1. The van der Waals surface area contributed by atoms with Gasteiger partial charge in [-0.15, -0.1) is 6.58 Å². The first-order chi connectivity index (χ1) is 10.4. The minimum atomic E-state index is -2.38. The third-order valence-electron chi connectivity index (χ3n) is 3.12. The summed E-state index contributed by atoms with van der Waals surface area (Å²) in [5.41, 5.74) is 0. The lowest BCUT2D eigenvalue weighted by Crippen LogP contribution is -2.43. The molecule has 0 rings (SSSR count). The number of ether oxygens (including phenoxy) is 1. The van der Waals surface area contributed by atoms with E-state index in [-0.39, 0.29) is 31.6 Å². The highest BCUT2D eigenvalue weighted by Crippen LogP contribution is 2.14. The van der Waals surface area contributed by atoms with Crippen molar-refractivity contribution in [2.24, 2.45) is 0 Å². The molecule has 0 aromatic carbocycles. The second-order valence-electron chi connectivity index (χ2n) is 4.79. The lowest BCUT2D eigenvalue weighted by Gasteiger charge is -2.26. The number of unbranched alkanes of at least 4 members (excludes halogenated alkanes) is 1. The molecule has 0 fully saturated rings. The Morgan fingerprint density at radius 3 is 2.55 bits per heavy atom. The van der Waals surface area contributed by atoms with Gasteiger partial charge < -0.3 is 9.64 Å². The van der Waals surface area contributed by atoms with Crippen molar-refractivity contribution < 1.29 is 23.1 Å². The number of likely N-dealkylation sites (N-methyl/N-ethyl adjacent to an activating group) is 1. The summed E-state index contributed by atoms with van der Waals surface area (Å²) in [6.45, 7) is 3.12. The number of nitrogens with zero attached hydrogens (tertiary/aromatic N) is 2. The van der Waals surface area contributed by atoms with Crippen LogP contribution in [0.15, 0.2) is 12.7 Å². The molecule has 22 heavy (non-hydrogen) atoms. The fourth-order valence-corrected chi connectivity index (χ4v) is 1.88. The molecule has 0 bridgehead atoms. The van der Waals surface area contributed by atoms with Crippen molar-refractivity contribution in [1.29, 1.82) is 5.26 Å². The third-order valence-corrected chi connectivity index (χ3v) is 3.12. The van der Waals surface area contributed by atoms with Crippen LogP contribution < -0.4 is 0 Å². The van der Waals surface area contributed by atoms with Gasteiger partial charge in [0, 0.05) is 19.9 Å². The minimum absolute atomic E-state index is 0.207. The van der Waals surface area contributed by atoms with Gasteiger partial charge in [-0.2, -0.15) is 5.26 Å². The zero-order chi connectivity index (χ0) is 17.0. The second-order valence-corrected chi connectivity index (χ2v) is 4.79. The van der Waals surface area contributed by atoms with E-state index in [0.29, 0.717) is 12.8 Å². The molecule has 0 radical (unpaired) electrons. The normalized spacial score (nSPS) is 11.6. The largest absolute Gasteiger partial charge is 0.449 e. The van der Waals surface area contributed by atoms with E-state index in [4.69, 9.17) is 10.00 Å². The molecular formula is C15H22F2N2O3. The molecule has 0 heterocycles. The number of carbonyl (C=O) groups is 2. The van der Waals surface area contributed by atoms with Crippen LogP contribution in [-0.2, 0) is 14.3 Å². The van der Waals surface area contributed by atoms with Gasteiger partial charge in [0.1, 0.15) is 12.1 Å². The van der Waals surface area contributed by atoms with Gasteiger partial charge in [-0.1, -0.05) is 12.5 Å². The van der Waals surface area contributed by atoms with Gasteiger partial charge in [-0.25, -0.2) is 13.6 Å². The maximum absolute atomic E-state index is 12.1. The Morgan fingerprint density at radius 2 is 2.00 bits per heavy atom. The van der Waals surface area contributed by atoms with Crippen LogP contribution in [0.5, 0.6) is 0 Å². The average Bonchev–Trinajstić information content (AvgIpc) is 2.49. The van der Waals surface area contributed by atoms with Crippen LogP contribution in [0, 0.1) is 11.3 Å². The first kappa shape index (κ1) is 20.0. The van der Waals surface area contributed by atoms with E-state index < -0.39 is 25.0 Å². The van der Waals surface area contributed by atoms with Crippen molar-refractivity contribution in [2.75, 3.05) is 13.7 Å². The van der Waals surface area contributed by atoms with E-state index in [1.54, 1.807) is 12.1 Å². The van der Waals surface area contributed by atoms with Crippen molar-refractivity contribution in [3.8, 4) is 6.07 Å². The molecule has 0 aliphatic heterocycles. The molecule has 0 spiro atoms. The first-order valence-electron chi connectivity index (χ1n) is 7.12. The standard InChI is InChI=1S/C15H22F2N2O3/c1-3-4-9-14(20)19(2)12(15(21)22-11-10-18)7-5-6-8-13(16)17/h3,12-13H,1,4-9,11H2,2H3/t12-/m0/s1. The van der Waals surface area contributed by atoms with Crippen molar-refractivity contribution in [1.82, 2.24) is 4.90 Å². The summed E-state index contributed by atoms with van der Waals surface area (Å²) in [6.07, 6.45) is 0.521. The number of halogens is 2. The van der Waals surface area contributed by atoms with Gasteiger partial charge in [0.25, 0.3) is 0 Å². The zero-order valence-electron chi connectivity index (χ0n) is 12.8. The number of nitriles is 1. The summed E-state index contributed by atoms with van der Waals surface area (Å²) in [7, 11) is 1.47. The monoisotopic (exact) mass is 316 g/mol. The molecular weight excluding hydrogens is 294 g/mol. The summed E-state index contributed by atoms with van der Waals surface area (Å²) in [6, 6.07) is 0.821. The van der Waals surface area contributed by atoms with Crippen molar-refractivity contribution in [3.05, 3.63) is 12.7 Å². The van der Waals surface area contributed by atoms with Crippen molar-refractivity contribution >= 4 is 11.9 Å². The predicted octanol–water partition coefficient (Wildman–Crippen LogP) is 2.67. The van der Waals surface area contributed by atoms with Gasteiger partial charge in [0.15, 0.2) is 6.61 Å². The van der Waals surface area contributed by atoms with Gasteiger partial charge >= 0.3 is 5.97 Å². The number of hydrogen-bond donors (Lipinski definition) is 0. The number of allylic oxidation sites excluding steroid dienone is 1. The highest BCUT2D eigenvalue weighted by Gasteiger charge is 2.27. The summed E-state index contributed by atoms with van der Waals surface area (Å²) in [5.74, 6) is -0.944. The van der Waals surface area contributed by atoms with Crippen LogP contribution in [-0.4, -0.2) is 42.9 Å². The number of amides is 1. The predicted molar refractivity (Wildman–Crippen MR) is 77.0 cm³/mol. The SMILES string of the molecule is C=CCCC(=O)N(C)[C@@H](CCCCC(F)F)C(=O)OCC#N. The van der Waals surface area contributed by atoms with Crippen LogP contribution >= 0.6 is 0 Å². The Labute approximate surface area is 129 Å². The molecule has 0 aromatic rings. The Balaban J connectivity index is 4.62. The molecule has 0 aromatic heterocycles. The molecule has 0 N–H and O–H groups in total. The lowest BCUT2D eigenvalue weighted by atomic mass is 10.1. The summed E-state index contributed by atoms with van der Waals surface area (Å²) < 4.78 is 29.0. The fourth-order valence-electron chi connectivity index (χ4n) is 1.88. The molecule has 0 saturated carbocycles. The zero-order valence-corrected chi connectivity index (χ0v) is 12.8. The number of rotatable bonds is 11. The summed E-state index contributed by atoms with van der Waals surface area (Å²) in [5, 5.41) is 8.43. The van der Waals surface area contributed by atoms with E-state index in [0.717, 1.165) is 0 Å². The molecule has 0 unspecified atom stereocenters. The Morgan fingerprint density at radius 1 is 1.36 bits per heavy atom. The van der Waals surface area contributed by atoms with E-state index in [9.17, 15) is 18.4 Å². The smallest absolute Gasteiger partial charge is 0.329 e. The highest BCUT2D eigenvalue weighted by molar-refractivity contribution is 5.84. The molecule has 0 aliphatic rings. The summed E-state index contributed by atoms with van der Waals surface area (Å²) in [4.78, 5) is 25.1. The first-order valence-corrected chi connectivity index (χ1v) is 7.12. The van der Waals surface area contributed by atoms with Crippen LogP contribution in [0.3, 0.4) is 0 Å². The average molecular weight is 316 g/mol. The Bertz CT molecular complexity index is 408. The molecule has 1 amide bonds. The number of hydrogen-bond acceptors (Lipinski definition) is 4. The molecule has 7 heteroatoms. The number of alkyl halides is 2. The second kappa shape index (κ2) is 11.7. The molecule has 0 aliphatic carbocycles. The van der Waals surface area contributed by atoms with E-state index in [1.165, 1.54) is 11.9 Å². The fraction of sp³-hybridized carbons (Fsp3) is 0.667. The topological polar surface area (TPSA) is 70.4 Å². The van der Waals surface area contributed by atoms with Gasteiger partial charge in [-0.3, -0.25) is 4.79 Å². The van der Waals surface area contributed by atoms with Gasteiger partial charge in [0.2, 0.25) is 12.3 Å². The number of esters is 1. The molecule has 0 saturated heterocycles. The minimum Gasteiger partial charge on any atom is -0.449 e. The van der Waals surface area contributed by atoms with Crippen molar-refractivity contribution in [2.45, 2.75) is 51.0 Å². The van der Waals surface area contributed by atoms with Crippen LogP contribution in [0.25, 0.3) is 0 Å². The Hall–Kier alpha value is -1.97. The van der Waals surface area contributed by atoms with Crippen molar-refractivity contribution in [3.63, 3.8) is 0 Å². The Kier molecular flexibility index (Phi) is 10.6. The molecule has 5 nitrogen and oxygen atoms in total. The van der Waals surface area contributed by atoms with Gasteiger partial charge in [-0.05, 0) is 19.3 Å². The van der Waals surface area contributed by atoms with Gasteiger partial charge in [0.05, 0.1) is 0 Å². The molecule has 1 atom stereocenters. The van der Waals surface area contributed by atoms with E-state index in [1.807, 2.05) is 0 Å². The summed E-state index contributed by atoms with van der Waals surface area (Å²) >= 11 is 0. The highest BCUT2D eigenvalue weighted by atomic mass is 19.3. The van der Waals surface area contributed by atoms with E-state index >= 15 is 0 Å². The quantitative estimate of drug-likeness (QED) is 0.334. The molecule has 124 valence electrons. The lowest BCUT2D eigenvalue weighted by molar-refractivity contribution is -0.153. The van der Waals surface area contributed by atoms with Crippen LogP contribution in [0.2, 0.25) is 0 Å². The van der Waals surface area contributed by atoms with Crippen LogP contribution in [0.1, 0.15) is 38.5 Å². The van der Waals surface area contributed by atoms with E-state index in [2.05, 4.69) is 6.58 Å². The maximum Gasteiger partial charge on any atom is 0.329 e.